The van der Waals surface area contributed by atoms with Gasteiger partial charge in [-0.15, -0.1) is 0 Å². The summed E-state index contributed by atoms with van der Waals surface area (Å²) < 4.78 is 2.92. The molecule has 0 amide bonds. The summed E-state index contributed by atoms with van der Waals surface area (Å²) in [6, 6.07) is 24.2. The van der Waals surface area contributed by atoms with Gasteiger partial charge in [0.1, 0.15) is 5.82 Å². The average Bonchev–Trinajstić information content (AvgIpc) is 3.23. The monoisotopic (exact) mass is 470 g/mol. The fraction of sp³-hybridized carbons (Fsp3) is 0.0417. The Bertz CT molecular complexity index is 1360. The molecule has 0 atom stereocenters. The number of nitrogen functional groups attached to an aromatic ring is 1. The summed E-state index contributed by atoms with van der Waals surface area (Å²) in [5, 5.41) is 8.78. The molecule has 0 bridgehead atoms. The van der Waals surface area contributed by atoms with Gasteiger partial charge < -0.3 is 11.1 Å². The van der Waals surface area contributed by atoms with Crippen LogP contribution in [0.3, 0.4) is 0 Å². The van der Waals surface area contributed by atoms with Crippen molar-refractivity contribution in [3.8, 4) is 11.1 Å². The van der Waals surface area contributed by atoms with Crippen LogP contribution in [0.4, 0.5) is 17.5 Å². The van der Waals surface area contributed by atoms with Crippen LogP contribution in [0.15, 0.2) is 89.7 Å². The van der Waals surface area contributed by atoms with Crippen molar-refractivity contribution in [3.63, 3.8) is 0 Å². The number of rotatable bonds is 5. The number of benzene rings is 3. The molecule has 152 valence electrons. The summed E-state index contributed by atoms with van der Waals surface area (Å²) in [7, 11) is 0. The molecular formula is C24H19BrN6. The zero-order chi connectivity index (χ0) is 21.2. The van der Waals surface area contributed by atoms with Crippen LogP contribution in [0.5, 0.6) is 0 Å². The van der Waals surface area contributed by atoms with Crippen LogP contribution in [-0.4, -0.2) is 19.7 Å². The fourth-order valence-corrected chi connectivity index (χ4v) is 3.89. The SMILES string of the molecule is Nc1nc(Nc2cccc(Br)c2)c2cc(-c3cnn(Cc4ccccc4)c3)ccc2n1. The summed E-state index contributed by atoms with van der Waals surface area (Å²) in [6.07, 6.45) is 3.93. The fourth-order valence-electron chi connectivity index (χ4n) is 3.49. The van der Waals surface area contributed by atoms with Crippen molar-refractivity contribution in [1.29, 1.82) is 0 Å². The standard InChI is InChI=1S/C24H19BrN6/c25-19-7-4-8-20(12-19)28-23-21-11-17(9-10-22(21)29-24(26)30-23)18-13-27-31(15-18)14-16-5-2-1-3-6-16/h1-13,15H,14H2,(H3,26,28,29,30). The van der Waals surface area contributed by atoms with E-state index in [-0.39, 0.29) is 5.95 Å². The molecule has 0 saturated heterocycles. The Morgan fingerprint density at radius 1 is 0.903 bits per heavy atom. The minimum Gasteiger partial charge on any atom is -0.368 e. The summed E-state index contributed by atoms with van der Waals surface area (Å²) in [5.74, 6) is 0.896. The van der Waals surface area contributed by atoms with Crippen molar-refractivity contribution in [3.05, 3.63) is 95.2 Å². The minimum atomic E-state index is 0.230. The van der Waals surface area contributed by atoms with Gasteiger partial charge in [-0.05, 0) is 41.5 Å². The molecular weight excluding hydrogens is 452 g/mol. The second-order valence-corrected chi connectivity index (χ2v) is 8.13. The number of nitrogens with zero attached hydrogens (tertiary/aromatic N) is 4. The molecule has 0 aliphatic heterocycles. The zero-order valence-corrected chi connectivity index (χ0v) is 18.1. The molecule has 0 spiro atoms. The number of nitrogens with two attached hydrogens (primary N) is 1. The van der Waals surface area contributed by atoms with Crippen LogP contribution in [0.1, 0.15) is 5.56 Å². The van der Waals surface area contributed by atoms with E-state index in [0.29, 0.717) is 5.82 Å². The molecule has 0 unspecified atom stereocenters. The molecule has 3 N–H and O–H groups in total. The second-order valence-electron chi connectivity index (χ2n) is 7.21. The van der Waals surface area contributed by atoms with Crippen molar-refractivity contribution in [2.24, 2.45) is 0 Å². The van der Waals surface area contributed by atoms with Crippen molar-refractivity contribution in [1.82, 2.24) is 19.7 Å². The minimum absolute atomic E-state index is 0.230. The van der Waals surface area contributed by atoms with Gasteiger partial charge in [0.25, 0.3) is 0 Å². The van der Waals surface area contributed by atoms with Crippen molar-refractivity contribution >= 4 is 44.3 Å². The lowest BCUT2D eigenvalue weighted by atomic mass is 10.1. The molecule has 0 aliphatic carbocycles. The second kappa shape index (κ2) is 8.20. The maximum Gasteiger partial charge on any atom is 0.222 e. The van der Waals surface area contributed by atoms with E-state index in [9.17, 15) is 0 Å². The molecule has 0 fully saturated rings. The molecule has 7 heteroatoms. The Labute approximate surface area is 187 Å². The van der Waals surface area contributed by atoms with E-state index in [2.05, 4.69) is 54.5 Å². The Balaban J connectivity index is 1.50. The number of hydrogen-bond acceptors (Lipinski definition) is 5. The van der Waals surface area contributed by atoms with E-state index in [1.54, 1.807) is 0 Å². The van der Waals surface area contributed by atoms with Crippen LogP contribution in [0.2, 0.25) is 0 Å². The zero-order valence-electron chi connectivity index (χ0n) is 16.5. The van der Waals surface area contributed by atoms with Gasteiger partial charge >= 0.3 is 0 Å². The normalized spacial score (nSPS) is 11.0. The van der Waals surface area contributed by atoms with E-state index >= 15 is 0 Å². The Morgan fingerprint density at radius 2 is 1.77 bits per heavy atom. The third-order valence-electron chi connectivity index (χ3n) is 4.95. The van der Waals surface area contributed by atoms with Crippen LogP contribution >= 0.6 is 15.9 Å². The van der Waals surface area contributed by atoms with Gasteiger partial charge in [-0.25, -0.2) is 4.98 Å². The number of hydrogen-bond donors (Lipinski definition) is 2. The molecule has 0 aliphatic rings. The first-order valence-corrected chi connectivity index (χ1v) is 10.6. The molecule has 5 rings (SSSR count). The predicted molar refractivity (Wildman–Crippen MR) is 128 cm³/mol. The quantitative estimate of drug-likeness (QED) is 0.347. The summed E-state index contributed by atoms with van der Waals surface area (Å²) in [6.45, 7) is 0.726. The first-order chi connectivity index (χ1) is 15.1. The number of halogens is 1. The van der Waals surface area contributed by atoms with Gasteiger partial charge in [0.15, 0.2) is 0 Å². The maximum absolute atomic E-state index is 5.95. The van der Waals surface area contributed by atoms with Gasteiger partial charge in [-0.3, -0.25) is 4.68 Å². The lowest BCUT2D eigenvalue weighted by Crippen LogP contribution is -2.01. The summed E-state index contributed by atoms with van der Waals surface area (Å²) >= 11 is 3.50. The van der Waals surface area contributed by atoms with Crippen LogP contribution < -0.4 is 11.1 Å². The molecule has 2 heterocycles. The summed E-state index contributed by atoms with van der Waals surface area (Å²) in [5.41, 5.74) is 10.9. The number of fused-ring (bicyclic) bond motifs is 1. The third kappa shape index (κ3) is 4.27. The van der Waals surface area contributed by atoms with Crippen molar-refractivity contribution in [2.75, 3.05) is 11.1 Å². The van der Waals surface area contributed by atoms with Gasteiger partial charge in [-0.2, -0.15) is 10.1 Å². The molecule has 0 radical (unpaired) electrons. The van der Waals surface area contributed by atoms with Crippen molar-refractivity contribution in [2.45, 2.75) is 6.54 Å². The smallest absolute Gasteiger partial charge is 0.222 e. The van der Waals surface area contributed by atoms with Gasteiger partial charge in [0.05, 0.1) is 18.3 Å². The number of nitrogens with one attached hydrogen (secondary N) is 1. The lowest BCUT2D eigenvalue weighted by molar-refractivity contribution is 0.687. The Hall–Kier alpha value is -3.71. The molecule has 6 nitrogen and oxygen atoms in total. The van der Waals surface area contributed by atoms with Gasteiger partial charge in [0.2, 0.25) is 5.95 Å². The Morgan fingerprint density at radius 3 is 2.61 bits per heavy atom. The third-order valence-corrected chi connectivity index (χ3v) is 5.45. The van der Waals surface area contributed by atoms with E-state index < -0.39 is 0 Å². The predicted octanol–water partition coefficient (Wildman–Crippen LogP) is 5.63. The molecule has 2 aromatic heterocycles. The van der Waals surface area contributed by atoms with Crippen LogP contribution in [0.25, 0.3) is 22.0 Å². The first kappa shape index (κ1) is 19.3. The van der Waals surface area contributed by atoms with Crippen LogP contribution in [-0.2, 0) is 6.54 Å². The highest BCUT2D eigenvalue weighted by Crippen LogP contribution is 2.30. The van der Waals surface area contributed by atoms with Gasteiger partial charge in [0, 0.05) is 27.3 Å². The molecule has 31 heavy (non-hydrogen) atoms. The van der Waals surface area contributed by atoms with E-state index in [4.69, 9.17) is 5.73 Å². The largest absolute Gasteiger partial charge is 0.368 e. The van der Waals surface area contributed by atoms with Crippen molar-refractivity contribution < 1.29 is 0 Å². The molecule has 0 saturated carbocycles. The lowest BCUT2D eigenvalue weighted by Gasteiger charge is -2.11. The average molecular weight is 471 g/mol. The highest BCUT2D eigenvalue weighted by molar-refractivity contribution is 9.10. The number of anilines is 3. The topological polar surface area (TPSA) is 81.6 Å². The van der Waals surface area contributed by atoms with E-state index in [1.807, 2.05) is 71.7 Å². The van der Waals surface area contributed by atoms with E-state index in [1.165, 1.54) is 5.56 Å². The Kier molecular flexibility index (Phi) is 5.09. The number of aromatic nitrogens is 4. The highest BCUT2D eigenvalue weighted by Gasteiger charge is 2.10. The van der Waals surface area contributed by atoms with E-state index in [0.717, 1.165) is 38.7 Å². The first-order valence-electron chi connectivity index (χ1n) is 9.81. The molecule has 5 aromatic rings. The highest BCUT2D eigenvalue weighted by atomic mass is 79.9. The van der Waals surface area contributed by atoms with Gasteiger partial charge in [-0.1, -0.05) is 58.4 Å². The summed E-state index contributed by atoms with van der Waals surface area (Å²) in [4.78, 5) is 8.83. The van der Waals surface area contributed by atoms with Crippen LogP contribution in [0, 0.1) is 0 Å². The maximum atomic E-state index is 5.95. The molecule has 3 aromatic carbocycles.